The van der Waals surface area contributed by atoms with E-state index in [0.29, 0.717) is 22.2 Å². The third kappa shape index (κ3) is 5.52. The molecule has 2 aromatic carbocycles. The van der Waals surface area contributed by atoms with E-state index in [2.05, 4.69) is 20.5 Å². The lowest BCUT2D eigenvalue weighted by molar-refractivity contribution is 0.0600. The predicted molar refractivity (Wildman–Crippen MR) is 127 cm³/mol. The first-order chi connectivity index (χ1) is 16.2. The molecule has 0 saturated carbocycles. The standard InChI is InChI=1S/C24H20N4O4S/c1-30-21-12-16(8-9-20(21)32-22-13-18(10-11-25-22)23(29)31-2)14-26-28-24-27-19(15-33-24)17-6-4-3-5-7-17/h3-15H,1-2H3,(H,27,28). The summed E-state index contributed by atoms with van der Waals surface area (Å²) in [6.45, 7) is 0. The molecule has 0 amide bonds. The maximum Gasteiger partial charge on any atom is 0.338 e. The zero-order chi connectivity index (χ0) is 23.0. The topological polar surface area (TPSA) is 94.9 Å². The van der Waals surface area contributed by atoms with E-state index < -0.39 is 5.97 Å². The van der Waals surface area contributed by atoms with Gasteiger partial charge in [0.2, 0.25) is 11.0 Å². The number of carbonyl (C=O) groups is 1. The summed E-state index contributed by atoms with van der Waals surface area (Å²) in [7, 11) is 2.86. The van der Waals surface area contributed by atoms with Crippen LogP contribution in [0.5, 0.6) is 17.4 Å². The van der Waals surface area contributed by atoms with E-state index >= 15 is 0 Å². The van der Waals surface area contributed by atoms with E-state index in [4.69, 9.17) is 14.2 Å². The number of nitrogens with one attached hydrogen (secondary N) is 1. The van der Waals surface area contributed by atoms with Gasteiger partial charge in [-0.3, -0.25) is 5.43 Å². The lowest BCUT2D eigenvalue weighted by Crippen LogP contribution is -2.02. The molecule has 0 aliphatic rings. The van der Waals surface area contributed by atoms with Crippen LogP contribution in [0.25, 0.3) is 11.3 Å². The summed E-state index contributed by atoms with van der Waals surface area (Å²) in [5.74, 6) is 0.719. The molecule has 0 unspecified atom stereocenters. The molecule has 33 heavy (non-hydrogen) atoms. The molecule has 0 bridgehead atoms. The quantitative estimate of drug-likeness (QED) is 0.218. The molecular formula is C24H20N4O4S. The van der Waals surface area contributed by atoms with Crippen LogP contribution in [0.2, 0.25) is 0 Å². The molecule has 2 aromatic heterocycles. The number of methoxy groups -OCH3 is 2. The minimum Gasteiger partial charge on any atom is -0.493 e. The molecule has 9 heteroatoms. The van der Waals surface area contributed by atoms with E-state index in [-0.39, 0.29) is 5.88 Å². The number of ether oxygens (including phenoxy) is 3. The Labute approximate surface area is 194 Å². The van der Waals surface area contributed by atoms with Crippen molar-refractivity contribution in [2.75, 3.05) is 19.6 Å². The normalized spacial score (nSPS) is 10.7. The van der Waals surface area contributed by atoms with Crippen molar-refractivity contribution in [3.05, 3.63) is 83.4 Å². The number of esters is 1. The summed E-state index contributed by atoms with van der Waals surface area (Å²) in [4.78, 5) is 20.4. The fourth-order valence-corrected chi connectivity index (χ4v) is 3.57. The number of anilines is 1. The lowest BCUT2D eigenvalue weighted by Gasteiger charge is -2.10. The SMILES string of the molecule is COC(=O)c1ccnc(Oc2ccc(C=NNc3nc(-c4ccccc4)cs3)cc2OC)c1. The van der Waals surface area contributed by atoms with Gasteiger partial charge >= 0.3 is 5.97 Å². The monoisotopic (exact) mass is 460 g/mol. The van der Waals surface area contributed by atoms with Crippen LogP contribution in [-0.2, 0) is 4.74 Å². The number of hydrogen-bond acceptors (Lipinski definition) is 9. The first-order valence-corrected chi connectivity index (χ1v) is 10.7. The number of thiazole rings is 1. The van der Waals surface area contributed by atoms with Gasteiger partial charge < -0.3 is 14.2 Å². The van der Waals surface area contributed by atoms with E-state index in [1.807, 2.05) is 41.8 Å². The summed E-state index contributed by atoms with van der Waals surface area (Å²) in [5, 5.41) is 6.93. The number of benzene rings is 2. The molecule has 0 spiro atoms. The van der Waals surface area contributed by atoms with Gasteiger partial charge in [-0.25, -0.2) is 14.8 Å². The van der Waals surface area contributed by atoms with Crippen molar-refractivity contribution in [1.29, 1.82) is 0 Å². The highest BCUT2D eigenvalue weighted by atomic mass is 32.1. The smallest absolute Gasteiger partial charge is 0.338 e. The van der Waals surface area contributed by atoms with Crippen molar-refractivity contribution in [1.82, 2.24) is 9.97 Å². The van der Waals surface area contributed by atoms with Crippen molar-refractivity contribution >= 4 is 28.7 Å². The first-order valence-electron chi connectivity index (χ1n) is 9.86. The minimum absolute atomic E-state index is 0.247. The average molecular weight is 461 g/mol. The molecule has 4 aromatic rings. The second kappa shape index (κ2) is 10.4. The Bertz CT molecular complexity index is 1270. The van der Waals surface area contributed by atoms with E-state index in [1.54, 1.807) is 31.5 Å². The molecule has 166 valence electrons. The van der Waals surface area contributed by atoms with Crippen LogP contribution in [0.15, 0.2) is 77.3 Å². The first kappa shape index (κ1) is 22.0. The second-order valence-corrected chi connectivity index (χ2v) is 7.52. The average Bonchev–Trinajstić information content (AvgIpc) is 3.34. The lowest BCUT2D eigenvalue weighted by atomic mass is 10.2. The van der Waals surface area contributed by atoms with Gasteiger partial charge in [-0.15, -0.1) is 11.3 Å². The van der Waals surface area contributed by atoms with Gasteiger partial charge in [0.15, 0.2) is 11.5 Å². The number of hydrazone groups is 1. The van der Waals surface area contributed by atoms with Crippen molar-refractivity contribution in [3.63, 3.8) is 0 Å². The van der Waals surface area contributed by atoms with Gasteiger partial charge in [0.05, 0.1) is 31.7 Å². The van der Waals surface area contributed by atoms with Crippen molar-refractivity contribution in [2.24, 2.45) is 5.10 Å². The summed E-state index contributed by atoms with van der Waals surface area (Å²) < 4.78 is 16.0. The Morgan fingerprint density at radius 1 is 1.06 bits per heavy atom. The number of nitrogens with zero attached hydrogens (tertiary/aromatic N) is 3. The van der Waals surface area contributed by atoms with Crippen LogP contribution >= 0.6 is 11.3 Å². The molecule has 0 fully saturated rings. The van der Waals surface area contributed by atoms with Crippen LogP contribution in [0.3, 0.4) is 0 Å². The highest BCUT2D eigenvalue weighted by Gasteiger charge is 2.11. The molecule has 0 aliphatic heterocycles. The highest BCUT2D eigenvalue weighted by molar-refractivity contribution is 7.14. The fourth-order valence-electron chi connectivity index (χ4n) is 2.90. The number of aromatic nitrogens is 2. The van der Waals surface area contributed by atoms with Gasteiger partial charge in [0, 0.05) is 23.2 Å². The van der Waals surface area contributed by atoms with Crippen molar-refractivity contribution in [3.8, 4) is 28.6 Å². The van der Waals surface area contributed by atoms with Crippen LogP contribution in [-0.4, -0.2) is 36.4 Å². The zero-order valence-corrected chi connectivity index (χ0v) is 18.7. The molecule has 4 rings (SSSR count). The van der Waals surface area contributed by atoms with Gasteiger partial charge in [0.25, 0.3) is 0 Å². The van der Waals surface area contributed by atoms with Gasteiger partial charge in [0.1, 0.15) is 0 Å². The minimum atomic E-state index is -0.468. The Morgan fingerprint density at radius 3 is 2.70 bits per heavy atom. The van der Waals surface area contributed by atoms with E-state index in [9.17, 15) is 4.79 Å². The third-order valence-corrected chi connectivity index (χ3v) is 5.25. The number of rotatable bonds is 8. The molecular weight excluding hydrogens is 440 g/mol. The molecule has 0 saturated heterocycles. The molecule has 8 nitrogen and oxygen atoms in total. The van der Waals surface area contributed by atoms with Gasteiger partial charge in [-0.1, -0.05) is 30.3 Å². The molecule has 1 N–H and O–H groups in total. The number of carbonyl (C=O) groups excluding carboxylic acids is 1. The van der Waals surface area contributed by atoms with Crippen LogP contribution in [0.1, 0.15) is 15.9 Å². The van der Waals surface area contributed by atoms with Gasteiger partial charge in [-0.05, 0) is 29.8 Å². The van der Waals surface area contributed by atoms with Crippen molar-refractivity contribution in [2.45, 2.75) is 0 Å². The number of hydrogen-bond donors (Lipinski definition) is 1. The highest BCUT2D eigenvalue weighted by Crippen LogP contribution is 2.31. The van der Waals surface area contributed by atoms with Crippen LogP contribution in [0, 0.1) is 0 Å². The van der Waals surface area contributed by atoms with E-state index in [0.717, 1.165) is 16.8 Å². The Morgan fingerprint density at radius 2 is 1.91 bits per heavy atom. The van der Waals surface area contributed by atoms with E-state index in [1.165, 1.54) is 30.7 Å². The summed E-state index contributed by atoms with van der Waals surface area (Å²) in [6, 6.07) is 18.4. The molecule has 0 radical (unpaired) electrons. The molecule has 2 heterocycles. The predicted octanol–water partition coefficient (Wildman–Crippen LogP) is 5.24. The summed E-state index contributed by atoms with van der Waals surface area (Å²) in [5.41, 5.74) is 6.03. The Hall–Kier alpha value is -4.24. The Balaban J connectivity index is 1.43. The maximum absolute atomic E-state index is 11.7. The summed E-state index contributed by atoms with van der Waals surface area (Å²) in [6.07, 6.45) is 3.13. The zero-order valence-electron chi connectivity index (χ0n) is 17.9. The second-order valence-electron chi connectivity index (χ2n) is 6.66. The fraction of sp³-hybridized carbons (Fsp3) is 0.0833. The number of pyridine rings is 1. The van der Waals surface area contributed by atoms with Crippen LogP contribution in [0.4, 0.5) is 5.13 Å². The van der Waals surface area contributed by atoms with Crippen molar-refractivity contribution < 1.29 is 19.0 Å². The third-order valence-electron chi connectivity index (χ3n) is 4.51. The molecule has 0 atom stereocenters. The summed E-state index contributed by atoms with van der Waals surface area (Å²) >= 11 is 1.48. The maximum atomic E-state index is 11.7. The Kier molecular flexibility index (Phi) is 6.91. The largest absolute Gasteiger partial charge is 0.493 e. The van der Waals surface area contributed by atoms with Crippen LogP contribution < -0.4 is 14.9 Å². The van der Waals surface area contributed by atoms with Gasteiger partial charge in [-0.2, -0.15) is 5.10 Å². The molecule has 0 aliphatic carbocycles.